The van der Waals surface area contributed by atoms with E-state index in [9.17, 15) is 9.59 Å². The summed E-state index contributed by atoms with van der Waals surface area (Å²) < 4.78 is 5.82. The van der Waals surface area contributed by atoms with Crippen molar-refractivity contribution in [3.8, 4) is 11.1 Å². The van der Waals surface area contributed by atoms with E-state index in [1.54, 1.807) is 0 Å². The lowest BCUT2D eigenvalue weighted by Gasteiger charge is -2.29. The number of hydrogen-bond acceptors (Lipinski definition) is 6. The Kier molecular flexibility index (Phi) is 10.3. The summed E-state index contributed by atoms with van der Waals surface area (Å²) in [4.78, 5) is 32.9. The van der Waals surface area contributed by atoms with Crippen molar-refractivity contribution in [2.45, 2.75) is 56.2 Å². The molecule has 0 saturated heterocycles. The van der Waals surface area contributed by atoms with Crippen LogP contribution >= 0.6 is 11.6 Å². The van der Waals surface area contributed by atoms with E-state index < -0.39 is 23.5 Å². The number of esters is 1. The number of nitrogens with one attached hydrogen (secondary N) is 2. The lowest BCUT2D eigenvalue weighted by atomic mass is 9.92. The quantitative estimate of drug-likeness (QED) is 0.0815. The molecule has 7 nitrogen and oxygen atoms in total. The minimum Gasteiger partial charge on any atom is -0.463 e. The first-order chi connectivity index (χ1) is 19.4. The van der Waals surface area contributed by atoms with Crippen LogP contribution in [0.5, 0.6) is 0 Å². The molecule has 4 N–H and O–H groups in total. The van der Waals surface area contributed by atoms with Crippen LogP contribution < -0.4 is 16.5 Å². The van der Waals surface area contributed by atoms with Crippen LogP contribution in [0, 0.1) is 0 Å². The molecule has 8 heteroatoms. The second kappa shape index (κ2) is 13.9. The number of unbranched alkanes of at least 4 members (excludes halogenated alkanes) is 2. The smallest absolute Gasteiger partial charge is 0.336 e. The Morgan fingerprint density at radius 3 is 2.12 bits per heavy atom. The second-order valence-corrected chi connectivity index (χ2v) is 10.6. The van der Waals surface area contributed by atoms with Crippen molar-refractivity contribution in [2.24, 2.45) is 5.73 Å². The van der Waals surface area contributed by atoms with Crippen molar-refractivity contribution < 1.29 is 19.2 Å². The van der Waals surface area contributed by atoms with E-state index >= 15 is 0 Å². The molecule has 0 spiro atoms. The number of nitrogens with two attached hydrogens (primary N) is 1. The molecule has 3 aromatic carbocycles. The van der Waals surface area contributed by atoms with Gasteiger partial charge in [0.15, 0.2) is 5.54 Å². The molecule has 0 bridgehead atoms. The van der Waals surface area contributed by atoms with Gasteiger partial charge in [-0.3, -0.25) is 9.63 Å². The van der Waals surface area contributed by atoms with Crippen molar-refractivity contribution in [2.75, 3.05) is 19.5 Å². The summed E-state index contributed by atoms with van der Waals surface area (Å²) >= 11 is 5.84. The first-order valence-electron chi connectivity index (χ1n) is 13.8. The number of benzene rings is 3. The van der Waals surface area contributed by atoms with Crippen LogP contribution in [0.25, 0.3) is 11.1 Å². The van der Waals surface area contributed by atoms with Gasteiger partial charge in [-0.25, -0.2) is 10.3 Å². The Morgan fingerprint density at radius 1 is 0.925 bits per heavy atom. The minimum absolute atomic E-state index is 0.0745. The molecule has 2 unspecified atom stereocenters. The highest BCUT2D eigenvalue weighted by atomic mass is 35.5. The molecule has 3 atom stereocenters. The topological polar surface area (TPSA) is 103 Å². The number of halogens is 1. The van der Waals surface area contributed by atoms with Gasteiger partial charge in [0.1, 0.15) is 12.7 Å². The fourth-order valence-electron chi connectivity index (χ4n) is 5.17. The summed E-state index contributed by atoms with van der Waals surface area (Å²) in [6.45, 7) is 2.02. The van der Waals surface area contributed by atoms with E-state index in [2.05, 4.69) is 22.9 Å². The molecule has 0 aromatic heterocycles. The first-order valence-corrected chi connectivity index (χ1v) is 14.3. The van der Waals surface area contributed by atoms with Crippen molar-refractivity contribution in [1.82, 2.24) is 10.8 Å². The average Bonchev–Trinajstić information content (AvgIpc) is 3.31. The Morgan fingerprint density at radius 2 is 1.52 bits per heavy atom. The molecular formula is C32H38ClN3O4. The number of carbonyl (C=O) groups is 2. The Hall–Kier alpha value is -3.23. The number of carbonyl (C=O) groups excluding carboxylic acids is 2. The van der Waals surface area contributed by atoms with E-state index in [0.29, 0.717) is 12.3 Å². The van der Waals surface area contributed by atoms with Crippen LogP contribution in [-0.4, -0.2) is 43.0 Å². The summed E-state index contributed by atoms with van der Waals surface area (Å²) in [5, 5.41) is 3.15. The lowest BCUT2D eigenvalue weighted by molar-refractivity contribution is -0.162. The summed E-state index contributed by atoms with van der Waals surface area (Å²) in [5.41, 5.74) is 12.4. The van der Waals surface area contributed by atoms with Gasteiger partial charge >= 0.3 is 5.97 Å². The van der Waals surface area contributed by atoms with Crippen molar-refractivity contribution in [3.63, 3.8) is 0 Å². The molecular weight excluding hydrogens is 526 g/mol. The van der Waals surface area contributed by atoms with Crippen molar-refractivity contribution in [3.05, 3.63) is 95.6 Å². The van der Waals surface area contributed by atoms with E-state index in [1.807, 2.05) is 80.7 Å². The van der Waals surface area contributed by atoms with Gasteiger partial charge in [-0.1, -0.05) is 91.7 Å². The number of hydroxylamine groups is 1. The maximum Gasteiger partial charge on any atom is 0.336 e. The highest BCUT2D eigenvalue weighted by Gasteiger charge is 2.44. The number of fused-ring (bicyclic) bond motifs is 3. The normalized spacial score (nSPS) is 15.4. The Balaban J connectivity index is 1.50. The van der Waals surface area contributed by atoms with Crippen LogP contribution in [0.15, 0.2) is 78.9 Å². The van der Waals surface area contributed by atoms with Crippen LogP contribution in [0.2, 0.25) is 0 Å². The van der Waals surface area contributed by atoms with Gasteiger partial charge in [-0.2, -0.15) is 0 Å². The minimum atomic E-state index is -1.92. The third-order valence-electron chi connectivity index (χ3n) is 7.63. The van der Waals surface area contributed by atoms with E-state index in [4.69, 9.17) is 26.9 Å². The lowest BCUT2D eigenvalue weighted by Crippen LogP contribution is -2.60. The molecule has 0 saturated carbocycles. The molecule has 4 rings (SSSR count). The molecule has 1 aliphatic rings. The third kappa shape index (κ3) is 6.56. The Labute approximate surface area is 241 Å². The molecule has 0 aliphatic heterocycles. The summed E-state index contributed by atoms with van der Waals surface area (Å²) in [7, 11) is 1.81. The number of hydrogen-bond donors (Lipinski definition) is 3. The van der Waals surface area contributed by atoms with E-state index in [-0.39, 0.29) is 25.0 Å². The second-order valence-electron chi connectivity index (χ2n) is 10.3. The van der Waals surface area contributed by atoms with E-state index in [1.165, 1.54) is 0 Å². The number of alkyl halides is 1. The van der Waals surface area contributed by atoms with Gasteiger partial charge in [-0.15, -0.1) is 11.6 Å². The first kappa shape index (κ1) is 29.7. The monoisotopic (exact) mass is 563 g/mol. The molecule has 3 aromatic rings. The van der Waals surface area contributed by atoms with Gasteiger partial charge in [0.25, 0.3) is 5.91 Å². The highest BCUT2D eigenvalue weighted by Crippen LogP contribution is 2.44. The predicted molar refractivity (Wildman–Crippen MR) is 158 cm³/mol. The maximum atomic E-state index is 13.6. The SMILES string of the molecule is CNC(C)[C@@H](ONC(=O)C(N)(CCCCCCl)C(=O)OCC1c2ccccc2-c2ccccc21)c1ccccc1. The number of rotatable bonds is 14. The van der Waals surface area contributed by atoms with Gasteiger partial charge in [0.2, 0.25) is 0 Å². The fourth-order valence-corrected chi connectivity index (χ4v) is 5.36. The highest BCUT2D eigenvalue weighted by molar-refractivity contribution is 6.17. The summed E-state index contributed by atoms with van der Waals surface area (Å²) in [6.07, 6.45) is 1.63. The van der Waals surface area contributed by atoms with E-state index in [0.717, 1.165) is 40.7 Å². The van der Waals surface area contributed by atoms with Gasteiger partial charge < -0.3 is 15.8 Å². The van der Waals surface area contributed by atoms with Gasteiger partial charge in [-0.05, 0) is 54.6 Å². The average molecular weight is 564 g/mol. The number of ether oxygens (including phenoxy) is 1. The van der Waals surface area contributed by atoms with Gasteiger partial charge in [0.05, 0.1) is 0 Å². The molecule has 0 heterocycles. The largest absolute Gasteiger partial charge is 0.463 e. The molecule has 212 valence electrons. The van der Waals surface area contributed by atoms with Crippen LogP contribution in [0.1, 0.15) is 61.3 Å². The zero-order valence-electron chi connectivity index (χ0n) is 23.1. The number of amides is 1. The van der Waals surface area contributed by atoms with Crippen molar-refractivity contribution >= 4 is 23.5 Å². The molecule has 1 amide bonds. The standard InChI is InChI=1S/C32H38ClN3O4/c1-22(35-2)29(23-13-5-3-6-14-23)40-36-30(37)32(34,19-11-4-12-20-33)31(38)39-21-28-26-17-9-7-15-24(26)25-16-8-10-18-27(25)28/h3,5-10,13-18,22,28-29,35H,4,11-12,19-21,34H2,1-2H3,(H,36,37)/t22?,29-,32?/m1/s1. The van der Waals surface area contributed by atoms with Crippen LogP contribution in [-0.2, 0) is 19.2 Å². The molecule has 40 heavy (non-hydrogen) atoms. The summed E-state index contributed by atoms with van der Waals surface area (Å²) in [5.74, 6) is -1.16. The predicted octanol–water partition coefficient (Wildman–Crippen LogP) is 5.24. The molecule has 0 fully saturated rings. The van der Waals surface area contributed by atoms with Crippen LogP contribution in [0.3, 0.4) is 0 Å². The van der Waals surface area contributed by atoms with Crippen molar-refractivity contribution in [1.29, 1.82) is 0 Å². The zero-order valence-corrected chi connectivity index (χ0v) is 23.8. The zero-order chi connectivity index (χ0) is 28.5. The summed E-state index contributed by atoms with van der Waals surface area (Å²) in [6, 6.07) is 25.6. The molecule has 0 radical (unpaired) electrons. The fraction of sp³-hybridized carbons (Fsp3) is 0.375. The maximum absolute atomic E-state index is 13.6. The number of likely N-dealkylation sites (N-methyl/N-ethyl adjacent to an activating group) is 1. The third-order valence-corrected chi connectivity index (χ3v) is 7.90. The molecule has 1 aliphatic carbocycles. The van der Waals surface area contributed by atoms with Gasteiger partial charge in [0, 0.05) is 17.8 Å². The Bertz CT molecular complexity index is 1240. The van der Waals surface area contributed by atoms with Crippen LogP contribution in [0.4, 0.5) is 0 Å².